The molecule has 2 aromatic rings. The van der Waals surface area contributed by atoms with Crippen LogP contribution < -0.4 is 4.74 Å². The summed E-state index contributed by atoms with van der Waals surface area (Å²) in [5, 5.41) is 0. The summed E-state index contributed by atoms with van der Waals surface area (Å²) in [5.41, 5.74) is -0.501. The molecule has 1 heterocycles. The van der Waals surface area contributed by atoms with Crippen molar-refractivity contribution in [2.45, 2.75) is 18.2 Å². The Balaban J connectivity index is 2.14. The third-order valence-electron chi connectivity index (χ3n) is 4.29. The Bertz CT molecular complexity index is 1180. The monoisotopic (exact) mass is 448 g/mol. The number of esters is 1. The number of halogens is 5. The Hall–Kier alpha value is -2.95. The average Bonchev–Trinajstić information content (AvgIpc) is 2.97. The number of hydrogen-bond acceptors (Lipinski definition) is 5. The van der Waals surface area contributed by atoms with Gasteiger partial charge in [-0.3, -0.25) is 0 Å². The third-order valence-corrected chi connectivity index (χ3v) is 5.40. The Kier molecular flexibility index (Phi) is 5.35. The first-order valence-electron chi connectivity index (χ1n) is 8.24. The SMILES string of the molecule is Cc1cc(C2=C(c3cc(F)c(S(C)(=O)=O)cc3F)COC2=O)ccc1OC(F)(F)F. The van der Waals surface area contributed by atoms with Gasteiger partial charge in [0.1, 0.15) is 28.9 Å². The van der Waals surface area contributed by atoms with Gasteiger partial charge in [0, 0.05) is 17.4 Å². The number of alkyl halides is 3. The zero-order valence-corrected chi connectivity index (χ0v) is 16.2. The lowest BCUT2D eigenvalue weighted by atomic mass is 9.95. The molecule has 0 bridgehead atoms. The maximum absolute atomic E-state index is 14.6. The molecule has 30 heavy (non-hydrogen) atoms. The normalized spacial score (nSPS) is 14.8. The predicted molar refractivity (Wildman–Crippen MR) is 95.1 cm³/mol. The quantitative estimate of drug-likeness (QED) is 0.522. The first-order chi connectivity index (χ1) is 13.8. The van der Waals surface area contributed by atoms with Gasteiger partial charge >= 0.3 is 12.3 Å². The van der Waals surface area contributed by atoms with Crippen molar-refractivity contribution in [3.63, 3.8) is 0 Å². The van der Waals surface area contributed by atoms with Crippen molar-refractivity contribution in [3.8, 4) is 5.75 Å². The number of carbonyl (C=O) groups excluding carboxylic acids is 1. The van der Waals surface area contributed by atoms with Crippen LogP contribution in [-0.2, 0) is 19.4 Å². The highest BCUT2D eigenvalue weighted by atomic mass is 32.2. The van der Waals surface area contributed by atoms with Gasteiger partial charge in [-0.1, -0.05) is 6.07 Å². The minimum absolute atomic E-state index is 0.0375. The minimum Gasteiger partial charge on any atom is -0.457 e. The summed E-state index contributed by atoms with van der Waals surface area (Å²) in [5.74, 6) is -3.70. The van der Waals surface area contributed by atoms with E-state index in [0.29, 0.717) is 18.4 Å². The smallest absolute Gasteiger partial charge is 0.457 e. The highest BCUT2D eigenvalue weighted by Gasteiger charge is 2.33. The molecule has 0 aliphatic carbocycles. The van der Waals surface area contributed by atoms with E-state index < -0.39 is 56.6 Å². The van der Waals surface area contributed by atoms with E-state index in [9.17, 15) is 35.2 Å². The van der Waals surface area contributed by atoms with E-state index in [2.05, 4.69) is 4.74 Å². The Morgan fingerprint density at radius 2 is 1.73 bits per heavy atom. The average molecular weight is 448 g/mol. The largest absolute Gasteiger partial charge is 0.573 e. The third kappa shape index (κ3) is 4.30. The Labute approximate surface area is 167 Å². The molecule has 0 fully saturated rings. The molecular formula is C19H13F5O5S. The molecule has 2 aromatic carbocycles. The molecule has 3 rings (SSSR count). The van der Waals surface area contributed by atoms with Gasteiger partial charge in [-0.05, 0) is 42.3 Å². The molecule has 5 nitrogen and oxygen atoms in total. The van der Waals surface area contributed by atoms with Crippen LogP contribution in [0.3, 0.4) is 0 Å². The van der Waals surface area contributed by atoms with Crippen LogP contribution in [0.15, 0.2) is 35.2 Å². The van der Waals surface area contributed by atoms with Crippen LogP contribution in [0.5, 0.6) is 5.75 Å². The highest BCUT2D eigenvalue weighted by molar-refractivity contribution is 7.90. The number of ether oxygens (including phenoxy) is 2. The van der Waals surface area contributed by atoms with Crippen molar-refractivity contribution in [1.82, 2.24) is 0 Å². The summed E-state index contributed by atoms with van der Waals surface area (Å²) in [6.45, 7) is 0.884. The van der Waals surface area contributed by atoms with Crippen molar-refractivity contribution >= 4 is 27.0 Å². The molecule has 0 spiro atoms. The number of sulfone groups is 1. The van der Waals surface area contributed by atoms with Gasteiger partial charge in [0.15, 0.2) is 9.84 Å². The van der Waals surface area contributed by atoms with E-state index in [0.717, 1.165) is 12.1 Å². The van der Waals surface area contributed by atoms with Crippen LogP contribution in [0.4, 0.5) is 22.0 Å². The Morgan fingerprint density at radius 1 is 1.07 bits per heavy atom. The van der Waals surface area contributed by atoms with Gasteiger partial charge in [-0.25, -0.2) is 22.0 Å². The topological polar surface area (TPSA) is 69.7 Å². The lowest BCUT2D eigenvalue weighted by Crippen LogP contribution is -2.17. The van der Waals surface area contributed by atoms with Crippen molar-refractivity contribution in [2.75, 3.05) is 12.9 Å². The molecular weight excluding hydrogens is 435 g/mol. The maximum Gasteiger partial charge on any atom is 0.573 e. The number of rotatable bonds is 4. The van der Waals surface area contributed by atoms with Gasteiger partial charge < -0.3 is 9.47 Å². The minimum atomic E-state index is -4.91. The molecule has 0 saturated carbocycles. The molecule has 0 radical (unpaired) electrons. The summed E-state index contributed by atoms with van der Waals surface area (Å²) in [7, 11) is -4.03. The zero-order chi connectivity index (χ0) is 22.4. The first kappa shape index (κ1) is 21.8. The zero-order valence-electron chi connectivity index (χ0n) is 15.4. The second-order valence-corrected chi connectivity index (χ2v) is 8.48. The van der Waals surface area contributed by atoms with E-state index in [4.69, 9.17) is 4.74 Å². The molecule has 0 saturated heterocycles. The van der Waals surface area contributed by atoms with Gasteiger partial charge in [0.2, 0.25) is 0 Å². The standard InChI is InChI=1S/C19H13F5O5S/c1-9-5-10(3-4-15(9)29-19(22,23)24)17-12(8-28-18(17)25)11-6-14(21)16(7-13(11)20)30(2,26)27/h3-7H,8H2,1-2H3. The van der Waals surface area contributed by atoms with E-state index in [1.165, 1.54) is 13.0 Å². The van der Waals surface area contributed by atoms with Crippen molar-refractivity contribution < 1.29 is 44.6 Å². The fourth-order valence-electron chi connectivity index (χ4n) is 3.00. The number of carbonyl (C=O) groups is 1. The predicted octanol–water partition coefficient (Wildman–Crippen LogP) is 4.04. The van der Waals surface area contributed by atoms with E-state index in [-0.39, 0.29) is 22.3 Å². The van der Waals surface area contributed by atoms with Crippen LogP contribution in [0.1, 0.15) is 16.7 Å². The highest BCUT2D eigenvalue weighted by Crippen LogP contribution is 2.37. The van der Waals surface area contributed by atoms with E-state index in [1.807, 2.05) is 0 Å². The molecule has 160 valence electrons. The number of cyclic esters (lactones) is 1. The lowest BCUT2D eigenvalue weighted by Gasteiger charge is -2.13. The summed E-state index contributed by atoms with van der Waals surface area (Å²) in [6.07, 6.45) is -4.20. The van der Waals surface area contributed by atoms with Crippen molar-refractivity contribution in [3.05, 3.63) is 58.7 Å². The second-order valence-electron chi connectivity index (χ2n) is 6.49. The Morgan fingerprint density at radius 3 is 2.30 bits per heavy atom. The fraction of sp³-hybridized carbons (Fsp3) is 0.211. The van der Waals surface area contributed by atoms with Crippen LogP contribution in [0, 0.1) is 18.6 Å². The lowest BCUT2D eigenvalue weighted by molar-refractivity contribution is -0.274. The summed E-state index contributed by atoms with van der Waals surface area (Å²) in [6, 6.07) is 4.48. The molecule has 1 aliphatic rings. The van der Waals surface area contributed by atoms with Crippen molar-refractivity contribution in [1.29, 1.82) is 0 Å². The van der Waals surface area contributed by atoms with Crippen LogP contribution in [0.25, 0.3) is 11.1 Å². The summed E-state index contributed by atoms with van der Waals surface area (Å²) < 4.78 is 98.0. The number of aryl methyl sites for hydroxylation is 1. The van der Waals surface area contributed by atoms with Gasteiger partial charge in [-0.2, -0.15) is 0 Å². The van der Waals surface area contributed by atoms with Gasteiger partial charge in [0.05, 0.1) is 5.57 Å². The second kappa shape index (κ2) is 7.38. The van der Waals surface area contributed by atoms with Crippen LogP contribution in [-0.4, -0.2) is 33.6 Å². The molecule has 0 unspecified atom stereocenters. The van der Waals surface area contributed by atoms with Crippen LogP contribution in [0.2, 0.25) is 0 Å². The van der Waals surface area contributed by atoms with Gasteiger partial charge in [-0.15, -0.1) is 13.2 Å². The fourth-order valence-corrected chi connectivity index (χ4v) is 3.73. The van der Waals surface area contributed by atoms with Crippen LogP contribution >= 0.6 is 0 Å². The summed E-state index contributed by atoms with van der Waals surface area (Å²) in [4.78, 5) is 11.4. The van der Waals surface area contributed by atoms with E-state index in [1.54, 1.807) is 0 Å². The maximum atomic E-state index is 14.6. The molecule has 0 amide bonds. The molecule has 11 heteroatoms. The number of hydrogen-bond donors (Lipinski definition) is 0. The molecule has 0 aromatic heterocycles. The van der Waals surface area contributed by atoms with Gasteiger partial charge in [0.25, 0.3) is 0 Å². The van der Waals surface area contributed by atoms with Crippen molar-refractivity contribution in [2.24, 2.45) is 0 Å². The molecule has 1 aliphatic heterocycles. The number of benzene rings is 2. The van der Waals surface area contributed by atoms with E-state index >= 15 is 0 Å². The summed E-state index contributed by atoms with van der Waals surface area (Å²) >= 11 is 0. The molecule has 0 atom stereocenters. The first-order valence-corrected chi connectivity index (χ1v) is 10.1. The molecule has 0 N–H and O–H groups in total.